The maximum Gasteiger partial charge on any atom is 0.229 e. The number of rotatable bonds is 5. The summed E-state index contributed by atoms with van der Waals surface area (Å²) in [7, 11) is 1.65. The van der Waals surface area contributed by atoms with Crippen LogP contribution in [0, 0.1) is 5.41 Å². The van der Waals surface area contributed by atoms with Gasteiger partial charge in [-0.05, 0) is 45.0 Å². The fourth-order valence-corrected chi connectivity index (χ4v) is 2.58. The molecule has 0 bridgehead atoms. The number of carbonyl (C=O) groups is 1. The third kappa shape index (κ3) is 3.16. The normalized spacial score (nSPS) is 19.9. The van der Waals surface area contributed by atoms with Crippen molar-refractivity contribution in [3.05, 3.63) is 24.2 Å². The monoisotopic (exact) mass is 266 g/mol. The quantitative estimate of drug-likeness (QED) is 0.847. The van der Waals surface area contributed by atoms with E-state index in [1.54, 1.807) is 13.4 Å². The van der Waals surface area contributed by atoms with Crippen molar-refractivity contribution in [3.8, 4) is 0 Å². The molecule has 1 saturated heterocycles. The third-order valence-corrected chi connectivity index (χ3v) is 3.78. The zero-order valence-corrected chi connectivity index (χ0v) is 11.6. The van der Waals surface area contributed by atoms with E-state index >= 15 is 0 Å². The smallest absolute Gasteiger partial charge is 0.229 e. The predicted octanol–water partition coefficient (Wildman–Crippen LogP) is 1.47. The van der Waals surface area contributed by atoms with Crippen LogP contribution in [0.3, 0.4) is 0 Å². The van der Waals surface area contributed by atoms with Crippen LogP contribution in [-0.2, 0) is 9.53 Å². The van der Waals surface area contributed by atoms with E-state index in [1.807, 2.05) is 19.1 Å². The molecule has 1 amide bonds. The lowest BCUT2D eigenvalue weighted by Gasteiger charge is -2.36. The van der Waals surface area contributed by atoms with Crippen LogP contribution in [0.15, 0.2) is 22.8 Å². The summed E-state index contributed by atoms with van der Waals surface area (Å²) in [4.78, 5) is 12.6. The molecule has 0 radical (unpaired) electrons. The first-order chi connectivity index (χ1) is 9.18. The molecule has 2 N–H and O–H groups in total. The molecule has 0 saturated carbocycles. The Bertz CT molecular complexity index is 391. The minimum absolute atomic E-state index is 0.0553. The largest absolute Gasteiger partial charge is 0.467 e. The second kappa shape index (κ2) is 6.21. The van der Waals surface area contributed by atoms with Gasteiger partial charge in [0.15, 0.2) is 0 Å². The third-order valence-electron chi connectivity index (χ3n) is 3.78. The predicted molar refractivity (Wildman–Crippen MR) is 71.7 cm³/mol. The number of ether oxygens (including phenoxy) is 1. The number of methoxy groups -OCH3 is 1. The van der Waals surface area contributed by atoms with Crippen molar-refractivity contribution < 1.29 is 13.9 Å². The van der Waals surface area contributed by atoms with Gasteiger partial charge in [0.1, 0.15) is 5.76 Å². The molecular formula is C14H22N2O3. The van der Waals surface area contributed by atoms with Crippen LogP contribution < -0.4 is 10.6 Å². The van der Waals surface area contributed by atoms with E-state index in [0.29, 0.717) is 6.61 Å². The summed E-state index contributed by atoms with van der Waals surface area (Å²) in [6, 6.07) is 3.58. The van der Waals surface area contributed by atoms with Gasteiger partial charge in [-0.3, -0.25) is 4.79 Å². The first kappa shape index (κ1) is 14.1. The van der Waals surface area contributed by atoms with Gasteiger partial charge >= 0.3 is 0 Å². The SMILES string of the molecule is COCC1(C(=O)N[C@H](C)c2ccco2)CCNCC1. The summed E-state index contributed by atoms with van der Waals surface area (Å²) >= 11 is 0. The van der Waals surface area contributed by atoms with Crippen LogP contribution in [0.4, 0.5) is 0 Å². The average Bonchev–Trinajstić information content (AvgIpc) is 2.94. The molecule has 2 rings (SSSR count). The minimum atomic E-state index is -0.416. The molecule has 0 aliphatic carbocycles. The Labute approximate surface area is 113 Å². The van der Waals surface area contributed by atoms with Crippen molar-refractivity contribution in [3.63, 3.8) is 0 Å². The second-order valence-electron chi connectivity index (χ2n) is 5.17. The number of furan rings is 1. The maximum atomic E-state index is 12.6. The van der Waals surface area contributed by atoms with Crippen molar-refractivity contribution in [2.24, 2.45) is 5.41 Å². The van der Waals surface area contributed by atoms with Crippen LogP contribution in [0.5, 0.6) is 0 Å². The first-order valence-corrected chi connectivity index (χ1v) is 6.72. The number of piperidine rings is 1. The van der Waals surface area contributed by atoms with E-state index in [4.69, 9.17) is 9.15 Å². The Morgan fingerprint density at radius 3 is 2.89 bits per heavy atom. The number of hydrogen-bond acceptors (Lipinski definition) is 4. The highest BCUT2D eigenvalue weighted by Crippen LogP contribution is 2.30. The Kier molecular flexibility index (Phi) is 4.61. The maximum absolute atomic E-state index is 12.6. The fraction of sp³-hybridized carbons (Fsp3) is 0.643. The summed E-state index contributed by atoms with van der Waals surface area (Å²) in [5, 5.41) is 6.32. The number of carbonyl (C=O) groups excluding carboxylic acids is 1. The molecule has 1 aromatic heterocycles. The minimum Gasteiger partial charge on any atom is -0.467 e. The molecule has 1 aliphatic rings. The molecule has 5 nitrogen and oxygen atoms in total. The fourth-order valence-electron chi connectivity index (χ4n) is 2.58. The lowest BCUT2D eigenvalue weighted by atomic mass is 9.78. The molecule has 1 aliphatic heterocycles. The standard InChI is InChI=1S/C14H22N2O3/c1-11(12-4-3-9-19-12)16-13(17)14(10-18-2)5-7-15-8-6-14/h3-4,9,11,15H,5-8,10H2,1-2H3,(H,16,17)/t11-/m1/s1. The molecular weight excluding hydrogens is 244 g/mol. The van der Waals surface area contributed by atoms with E-state index in [-0.39, 0.29) is 11.9 Å². The summed E-state index contributed by atoms with van der Waals surface area (Å²) < 4.78 is 10.6. The Morgan fingerprint density at radius 1 is 1.58 bits per heavy atom. The number of nitrogens with one attached hydrogen (secondary N) is 2. The van der Waals surface area contributed by atoms with E-state index < -0.39 is 5.41 Å². The Balaban J connectivity index is 2.03. The molecule has 1 aromatic rings. The van der Waals surface area contributed by atoms with Crippen molar-refractivity contribution in [1.82, 2.24) is 10.6 Å². The highest BCUT2D eigenvalue weighted by molar-refractivity contribution is 5.83. The van der Waals surface area contributed by atoms with Crippen molar-refractivity contribution in [1.29, 1.82) is 0 Å². The molecule has 0 unspecified atom stereocenters. The van der Waals surface area contributed by atoms with E-state index in [9.17, 15) is 4.79 Å². The lowest BCUT2D eigenvalue weighted by molar-refractivity contribution is -0.137. The van der Waals surface area contributed by atoms with Gasteiger partial charge in [0.05, 0.1) is 24.3 Å². The van der Waals surface area contributed by atoms with E-state index in [2.05, 4.69) is 10.6 Å². The van der Waals surface area contributed by atoms with Gasteiger partial charge in [0.2, 0.25) is 5.91 Å². The summed E-state index contributed by atoms with van der Waals surface area (Å²) in [5.74, 6) is 0.828. The van der Waals surface area contributed by atoms with Crippen LogP contribution in [0.2, 0.25) is 0 Å². The zero-order chi connectivity index (χ0) is 13.7. The van der Waals surface area contributed by atoms with Gasteiger partial charge in [-0.15, -0.1) is 0 Å². The van der Waals surface area contributed by atoms with Crippen LogP contribution >= 0.6 is 0 Å². The van der Waals surface area contributed by atoms with Crippen molar-refractivity contribution >= 4 is 5.91 Å². The van der Waals surface area contributed by atoms with Gasteiger partial charge in [0, 0.05) is 7.11 Å². The molecule has 1 fully saturated rings. The molecule has 1 atom stereocenters. The van der Waals surface area contributed by atoms with Gasteiger partial charge in [-0.25, -0.2) is 0 Å². The van der Waals surface area contributed by atoms with Crippen molar-refractivity contribution in [2.75, 3.05) is 26.8 Å². The van der Waals surface area contributed by atoms with Gasteiger partial charge in [0.25, 0.3) is 0 Å². The summed E-state index contributed by atoms with van der Waals surface area (Å²) in [6.07, 6.45) is 3.22. The average molecular weight is 266 g/mol. The first-order valence-electron chi connectivity index (χ1n) is 6.72. The number of hydrogen-bond donors (Lipinski definition) is 2. The summed E-state index contributed by atoms with van der Waals surface area (Å²) in [5.41, 5.74) is -0.416. The second-order valence-corrected chi connectivity index (χ2v) is 5.17. The molecule has 19 heavy (non-hydrogen) atoms. The number of amides is 1. The van der Waals surface area contributed by atoms with Gasteiger partial charge in [-0.2, -0.15) is 0 Å². The molecule has 0 spiro atoms. The van der Waals surface area contributed by atoms with Gasteiger partial charge in [-0.1, -0.05) is 0 Å². The molecule has 106 valence electrons. The van der Waals surface area contributed by atoms with Crippen LogP contribution in [0.1, 0.15) is 31.6 Å². The highest BCUT2D eigenvalue weighted by atomic mass is 16.5. The molecule has 2 heterocycles. The van der Waals surface area contributed by atoms with Crippen LogP contribution in [-0.4, -0.2) is 32.7 Å². The van der Waals surface area contributed by atoms with E-state index in [1.165, 1.54) is 0 Å². The Morgan fingerprint density at radius 2 is 2.32 bits per heavy atom. The molecule has 0 aromatic carbocycles. The van der Waals surface area contributed by atoms with Gasteiger partial charge < -0.3 is 19.8 Å². The lowest BCUT2D eigenvalue weighted by Crippen LogP contribution is -2.50. The zero-order valence-electron chi connectivity index (χ0n) is 11.6. The van der Waals surface area contributed by atoms with Crippen LogP contribution in [0.25, 0.3) is 0 Å². The Hall–Kier alpha value is -1.33. The topological polar surface area (TPSA) is 63.5 Å². The molecule has 5 heteroatoms. The highest BCUT2D eigenvalue weighted by Gasteiger charge is 2.40. The van der Waals surface area contributed by atoms with Crippen molar-refractivity contribution in [2.45, 2.75) is 25.8 Å². The summed E-state index contributed by atoms with van der Waals surface area (Å²) in [6.45, 7) is 4.10. The van der Waals surface area contributed by atoms with E-state index in [0.717, 1.165) is 31.7 Å².